The van der Waals surface area contributed by atoms with Crippen molar-refractivity contribution in [2.24, 2.45) is 11.8 Å². The second-order valence-electron chi connectivity index (χ2n) is 6.17. The molecule has 3 atom stereocenters. The van der Waals surface area contributed by atoms with E-state index in [-0.39, 0.29) is 0 Å². The van der Waals surface area contributed by atoms with Crippen LogP contribution in [0.25, 0.3) is 0 Å². The zero-order chi connectivity index (χ0) is 11.8. The Morgan fingerprint density at radius 1 is 1.24 bits per heavy atom. The predicted molar refractivity (Wildman–Crippen MR) is 73.2 cm³/mol. The Morgan fingerprint density at radius 2 is 2.00 bits per heavy atom. The van der Waals surface area contributed by atoms with Crippen molar-refractivity contribution in [2.45, 2.75) is 31.7 Å². The molecule has 0 unspecified atom stereocenters. The summed E-state index contributed by atoms with van der Waals surface area (Å²) in [6.07, 6.45) is 5.71. The van der Waals surface area contributed by atoms with E-state index >= 15 is 0 Å². The van der Waals surface area contributed by atoms with Gasteiger partial charge in [0.15, 0.2) is 5.11 Å². The molecule has 96 valence electrons. The molecule has 1 heterocycles. The summed E-state index contributed by atoms with van der Waals surface area (Å²) in [7, 11) is 2.27. The maximum Gasteiger partial charge on any atom is 0.169 e. The van der Waals surface area contributed by atoms with Crippen LogP contribution in [-0.2, 0) is 0 Å². The second kappa shape index (κ2) is 4.73. The van der Waals surface area contributed by atoms with E-state index in [1.807, 2.05) is 0 Å². The summed E-state index contributed by atoms with van der Waals surface area (Å²) in [6, 6.07) is 0.688. The Hall–Kier alpha value is -0.350. The first-order valence-corrected chi connectivity index (χ1v) is 7.50. The van der Waals surface area contributed by atoms with Crippen LogP contribution in [-0.4, -0.2) is 49.3 Å². The largest absolute Gasteiger partial charge is 0.360 e. The number of likely N-dealkylation sites (N-methyl/N-ethyl adjacent to an activating group) is 1. The van der Waals surface area contributed by atoms with Crippen molar-refractivity contribution in [3.8, 4) is 0 Å². The van der Waals surface area contributed by atoms with E-state index in [9.17, 15) is 0 Å². The summed E-state index contributed by atoms with van der Waals surface area (Å²) in [6.45, 7) is 4.69. The number of quaternary nitrogens is 1. The molecule has 4 heteroatoms. The van der Waals surface area contributed by atoms with Crippen LogP contribution in [0.15, 0.2) is 0 Å². The van der Waals surface area contributed by atoms with Gasteiger partial charge in [-0.05, 0) is 43.3 Å². The van der Waals surface area contributed by atoms with Gasteiger partial charge in [-0.25, -0.2) is 0 Å². The minimum absolute atomic E-state index is 0.688. The topological polar surface area (TPSA) is 19.7 Å². The number of nitrogens with one attached hydrogen (secondary N) is 2. The quantitative estimate of drug-likeness (QED) is 0.637. The van der Waals surface area contributed by atoms with Crippen LogP contribution in [0.5, 0.6) is 0 Å². The average molecular weight is 254 g/mol. The standard InChI is InChI=1S/C13H23N3S/c1-15-4-6-16(7-5-15)13(17)14-12-9-10-2-3-11(12)8-10/h10-12H,2-9H2,1H3,(H,14,17)/p+1/t10-,11+,12-/m0/s1. The molecule has 2 N–H and O–H groups in total. The number of fused-ring (bicyclic) bond motifs is 2. The van der Waals surface area contributed by atoms with Gasteiger partial charge in [-0.15, -0.1) is 0 Å². The van der Waals surface area contributed by atoms with Gasteiger partial charge in [-0.1, -0.05) is 6.42 Å². The molecule has 0 spiro atoms. The normalized spacial score (nSPS) is 37.5. The molecule has 0 radical (unpaired) electrons. The molecule has 3 rings (SSSR count). The fourth-order valence-corrected chi connectivity index (χ4v) is 4.10. The highest BCUT2D eigenvalue weighted by Gasteiger charge is 2.40. The van der Waals surface area contributed by atoms with Crippen molar-refractivity contribution in [1.82, 2.24) is 10.2 Å². The number of piperazine rings is 1. The van der Waals surface area contributed by atoms with Crippen molar-refractivity contribution < 1.29 is 4.90 Å². The molecule has 17 heavy (non-hydrogen) atoms. The lowest BCUT2D eigenvalue weighted by molar-refractivity contribution is -0.883. The van der Waals surface area contributed by atoms with E-state index in [1.54, 1.807) is 4.90 Å². The third kappa shape index (κ3) is 2.43. The van der Waals surface area contributed by atoms with Crippen LogP contribution in [0.4, 0.5) is 0 Å². The molecule has 3 fully saturated rings. The summed E-state index contributed by atoms with van der Waals surface area (Å²) < 4.78 is 0. The number of thiocarbonyl (C=S) groups is 1. The van der Waals surface area contributed by atoms with E-state index in [1.165, 1.54) is 38.8 Å². The Balaban J connectivity index is 1.50. The summed E-state index contributed by atoms with van der Waals surface area (Å²) >= 11 is 5.57. The smallest absolute Gasteiger partial charge is 0.169 e. The van der Waals surface area contributed by atoms with Gasteiger partial charge in [0.25, 0.3) is 0 Å². The Labute approximate surface area is 110 Å². The monoisotopic (exact) mass is 254 g/mol. The van der Waals surface area contributed by atoms with Crippen molar-refractivity contribution in [3.63, 3.8) is 0 Å². The average Bonchev–Trinajstić information content (AvgIpc) is 2.91. The van der Waals surface area contributed by atoms with E-state index in [4.69, 9.17) is 12.2 Å². The fraction of sp³-hybridized carbons (Fsp3) is 0.923. The molecule has 2 aliphatic carbocycles. The first-order chi connectivity index (χ1) is 8.22. The van der Waals surface area contributed by atoms with Crippen molar-refractivity contribution in [3.05, 3.63) is 0 Å². The SMILES string of the molecule is C[NH+]1CCN(C(=S)N[C@H]2C[C@H]3CC[C@@H]2C3)CC1. The van der Waals surface area contributed by atoms with Gasteiger partial charge < -0.3 is 15.1 Å². The molecule has 3 aliphatic rings. The molecule has 2 bridgehead atoms. The summed E-state index contributed by atoms with van der Waals surface area (Å²) in [5, 5.41) is 4.67. The minimum atomic E-state index is 0.688. The van der Waals surface area contributed by atoms with Gasteiger partial charge >= 0.3 is 0 Å². The zero-order valence-electron chi connectivity index (χ0n) is 10.7. The lowest BCUT2D eigenvalue weighted by Gasteiger charge is -2.34. The molecule has 0 aromatic rings. The van der Waals surface area contributed by atoms with Gasteiger partial charge in [0, 0.05) is 6.04 Å². The number of nitrogens with zero attached hydrogens (tertiary/aromatic N) is 1. The molecule has 0 aromatic heterocycles. The number of rotatable bonds is 1. The van der Waals surface area contributed by atoms with Crippen LogP contribution >= 0.6 is 12.2 Å². The van der Waals surface area contributed by atoms with Crippen LogP contribution in [0.3, 0.4) is 0 Å². The third-order valence-corrected chi connectivity index (χ3v) is 5.33. The molecular formula is C13H24N3S+. The molecular weight excluding hydrogens is 230 g/mol. The Kier molecular flexibility index (Phi) is 3.26. The highest BCUT2D eigenvalue weighted by Crippen LogP contribution is 2.44. The van der Waals surface area contributed by atoms with Crippen LogP contribution in [0.2, 0.25) is 0 Å². The molecule has 1 aliphatic heterocycles. The summed E-state index contributed by atoms with van der Waals surface area (Å²) in [5.74, 6) is 1.91. The lowest BCUT2D eigenvalue weighted by atomic mass is 9.95. The minimum Gasteiger partial charge on any atom is -0.360 e. The van der Waals surface area contributed by atoms with Crippen molar-refractivity contribution >= 4 is 17.3 Å². The lowest BCUT2D eigenvalue weighted by Crippen LogP contribution is -3.12. The predicted octanol–water partition coefficient (Wildman–Crippen LogP) is -0.120. The molecule has 3 nitrogen and oxygen atoms in total. The molecule has 0 amide bonds. The maximum absolute atomic E-state index is 5.57. The zero-order valence-corrected chi connectivity index (χ0v) is 11.6. The highest BCUT2D eigenvalue weighted by molar-refractivity contribution is 7.80. The van der Waals surface area contributed by atoms with Gasteiger partial charge in [0.05, 0.1) is 33.2 Å². The first-order valence-electron chi connectivity index (χ1n) is 7.09. The number of hydrogen-bond donors (Lipinski definition) is 2. The molecule has 1 saturated heterocycles. The highest BCUT2D eigenvalue weighted by atomic mass is 32.1. The van der Waals surface area contributed by atoms with Crippen LogP contribution in [0, 0.1) is 11.8 Å². The first kappa shape index (κ1) is 11.7. The second-order valence-corrected chi connectivity index (χ2v) is 6.56. The summed E-state index contributed by atoms with van der Waals surface area (Å²) in [4.78, 5) is 4.00. The van der Waals surface area contributed by atoms with Gasteiger partial charge in [0.2, 0.25) is 0 Å². The van der Waals surface area contributed by atoms with E-state index in [0.29, 0.717) is 6.04 Å². The van der Waals surface area contributed by atoms with Crippen molar-refractivity contribution in [1.29, 1.82) is 0 Å². The maximum atomic E-state index is 5.57. The number of hydrogen-bond acceptors (Lipinski definition) is 1. The fourth-order valence-electron chi connectivity index (χ4n) is 3.76. The van der Waals surface area contributed by atoms with Gasteiger partial charge in [0.1, 0.15) is 0 Å². The summed E-state index contributed by atoms with van der Waals surface area (Å²) in [5.41, 5.74) is 0. The third-order valence-electron chi connectivity index (χ3n) is 4.95. The van der Waals surface area contributed by atoms with Crippen LogP contribution in [0.1, 0.15) is 25.7 Å². The molecule has 2 saturated carbocycles. The van der Waals surface area contributed by atoms with E-state index in [0.717, 1.165) is 30.0 Å². The van der Waals surface area contributed by atoms with E-state index in [2.05, 4.69) is 17.3 Å². The molecule has 0 aromatic carbocycles. The van der Waals surface area contributed by atoms with Gasteiger partial charge in [-0.2, -0.15) is 0 Å². The van der Waals surface area contributed by atoms with Gasteiger partial charge in [-0.3, -0.25) is 0 Å². The Morgan fingerprint density at radius 3 is 2.59 bits per heavy atom. The van der Waals surface area contributed by atoms with E-state index < -0.39 is 0 Å². The Bertz CT molecular complexity index is 299. The van der Waals surface area contributed by atoms with Crippen molar-refractivity contribution in [2.75, 3.05) is 33.2 Å². The van der Waals surface area contributed by atoms with Crippen LogP contribution < -0.4 is 10.2 Å².